The minimum Gasteiger partial charge on any atom is -0.361 e. The molecule has 3 heterocycles. The number of H-pyrrole nitrogens is 1. The number of aryl methyl sites for hydroxylation is 2. The molecular weight excluding hydrogens is 400 g/mol. The zero-order valence-electron chi connectivity index (χ0n) is 18.6. The maximum absolute atomic E-state index is 12.8. The largest absolute Gasteiger partial charge is 0.361 e. The Morgan fingerprint density at radius 1 is 1.16 bits per heavy atom. The number of hydrogen-bond acceptors (Lipinski definition) is 3. The van der Waals surface area contributed by atoms with Crippen molar-refractivity contribution >= 4 is 22.7 Å². The highest BCUT2D eigenvalue weighted by molar-refractivity contribution is 5.84. The third kappa shape index (κ3) is 4.14. The highest BCUT2D eigenvalue weighted by Crippen LogP contribution is 2.59. The molecule has 0 radical (unpaired) electrons. The highest BCUT2D eigenvalue weighted by atomic mass is 16.2. The molecule has 2 amide bonds. The van der Waals surface area contributed by atoms with Gasteiger partial charge in [0, 0.05) is 48.2 Å². The average Bonchev–Trinajstić information content (AvgIpc) is 3.34. The molecule has 1 saturated heterocycles. The number of likely N-dealkylation sites (tertiary alicyclic amines) is 1. The lowest BCUT2D eigenvalue weighted by molar-refractivity contribution is -0.132. The van der Waals surface area contributed by atoms with E-state index >= 15 is 0 Å². The number of amides is 2. The van der Waals surface area contributed by atoms with Gasteiger partial charge in [0.2, 0.25) is 11.8 Å². The second-order valence-electron chi connectivity index (χ2n) is 9.35. The number of aromatic nitrogens is 2. The number of piperidine rings is 1. The first kappa shape index (κ1) is 20.7. The number of hydrogen-bond donors (Lipinski definition) is 2. The Morgan fingerprint density at radius 3 is 2.78 bits per heavy atom. The molecule has 1 saturated carbocycles. The first-order valence-electron chi connectivity index (χ1n) is 11.6. The number of para-hydroxylation sites is 1. The molecule has 32 heavy (non-hydrogen) atoms. The fraction of sp³-hybridized carbons (Fsp3) is 0.423. The lowest BCUT2D eigenvalue weighted by atomic mass is 9.90. The molecular formula is C26H30N4O2. The Labute approximate surface area is 188 Å². The van der Waals surface area contributed by atoms with Gasteiger partial charge in [-0.3, -0.25) is 14.6 Å². The molecule has 2 aromatic heterocycles. The second kappa shape index (κ2) is 8.41. The van der Waals surface area contributed by atoms with Crippen LogP contribution in [0.1, 0.15) is 42.6 Å². The van der Waals surface area contributed by atoms with E-state index in [1.807, 2.05) is 48.4 Å². The fourth-order valence-electron chi connectivity index (χ4n) is 5.21. The average molecular weight is 431 g/mol. The van der Waals surface area contributed by atoms with Crippen molar-refractivity contribution in [1.82, 2.24) is 20.2 Å². The summed E-state index contributed by atoms with van der Waals surface area (Å²) in [6.07, 6.45) is 6.09. The smallest absolute Gasteiger partial charge is 0.224 e. The lowest BCUT2D eigenvalue weighted by Crippen LogP contribution is -2.40. The van der Waals surface area contributed by atoms with Crippen LogP contribution in [0.4, 0.5) is 0 Å². The van der Waals surface area contributed by atoms with Gasteiger partial charge >= 0.3 is 0 Å². The number of benzene rings is 1. The number of carbonyl (C=O) groups is 2. The molecule has 1 spiro atoms. The zero-order valence-corrected chi connectivity index (χ0v) is 18.6. The molecule has 1 aromatic carbocycles. The Balaban J connectivity index is 1.09. The Bertz CT molecular complexity index is 1140. The molecule has 1 aliphatic heterocycles. The summed E-state index contributed by atoms with van der Waals surface area (Å²) in [7, 11) is 0. The van der Waals surface area contributed by atoms with Gasteiger partial charge in [-0.25, -0.2) is 0 Å². The van der Waals surface area contributed by atoms with Gasteiger partial charge in [-0.15, -0.1) is 0 Å². The predicted octanol–water partition coefficient (Wildman–Crippen LogP) is 3.75. The van der Waals surface area contributed by atoms with E-state index in [1.54, 1.807) is 0 Å². The quantitative estimate of drug-likeness (QED) is 0.625. The van der Waals surface area contributed by atoms with Crippen molar-refractivity contribution in [2.75, 3.05) is 13.1 Å². The molecule has 0 unspecified atom stereocenters. The molecule has 3 aromatic rings. The van der Waals surface area contributed by atoms with Crippen LogP contribution in [0, 0.1) is 18.3 Å². The summed E-state index contributed by atoms with van der Waals surface area (Å²) in [6.45, 7) is 3.95. The van der Waals surface area contributed by atoms with E-state index in [9.17, 15) is 9.59 Å². The van der Waals surface area contributed by atoms with E-state index < -0.39 is 0 Å². The first-order chi connectivity index (χ1) is 15.5. The summed E-state index contributed by atoms with van der Waals surface area (Å²) in [4.78, 5) is 35.2. The Morgan fingerprint density at radius 2 is 1.97 bits per heavy atom. The Hall–Kier alpha value is -3.15. The molecule has 2 N–H and O–H groups in total. The molecule has 0 bridgehead atoms. The van der Waals surface area contributed by atoms with Crippen molar-refractivity contribution in [1.29, 1.82) is 0 Å². The highest BCUT2D eigenvalue weighted by Gasteiger charge is 2.58. The molecule has 6 nitrogen and oxygen atoms in total. The van der Waals surface area contributed by atoms with Crippen molar-refractivity contribution in [3.05, 3.63) is 65.6 Å². The van der Waals surface area contributed by atoms with Crippen LogP contribution >= 0.6 is 0 Å². The van der Waals surface area contributed by atoms with Crippen molar-refractivity contribution in [3.8, 4) is 0 Å². The van der Waals surface area contributed by atoms with E-state index in [4.69, 9.17) is 0 Å². The number of fused-ring (bicyclic) bond motifs is 1. The van der Waals surface area contributed by atoms with Crippen LogP contribution in [0.3, 0.4) is 0 Å². The molecule has 5 rings (SSSR count). The van der Waals surface area contributed by atoms with Crippen LogP contribution < -0.4 is 5.32 Å². The van der Waals surface area contributed by atoms with Gasteiger partial charge in [0.25, 0.3) is 0 Å². The van der Waals surface area contributed by atoms with Gasteiger partial charge in [-0.2, -0.15) is 0 Å². The topological polar surface area (TPSA) is 78.1 Å². The number of rotatable bonds is 6. The third-order valence-corrected chi connectivity index (χ3v) is 7.29. The molecule has 1 atom stereocenters. The van der Waals surface area contributed by atoms with Crippen LogP contribution in [0.15, 0.2) is 48.7 Å². The van der Waals surface area contributed by atoms with Crippen molar-refractivity contribution in [2.24, 2.45) is 11.3 Å². The molecule has 2 aliphatic rings. The van der Waals surface area contributed by atoms with Crippen LogP contribution in [-0.4, -0.2) is 39.8 Å². The van der Waals surface area contributed by atoms with Crippen LogP contribution in [0.5, 0.6) is 0 Å². The fourth-order valence-corrected chi connectivity index (χ4v) is 5.21. The van der Waals surface area contributed by atoms with Gasteiger partial charge in [-0.05, 0) is 61.8 Å². The minimum absolute atomic E-state index is 0.0794. The van der Waals surface area contributed by atoms with E-state index in [-0.39, 0.29) is 23.1 Å². The maximum Gasteiger partial charge on any atom is 0.224 e. The standard InChI is InChI=1S/C26H30N4O2/c1-18-5-4-6-20(29-18)17-28-25(32)22-15-26(22)11-13-30(14-12-26)24(31)10-9-19-16-27-23-8-3-2-7-21(19)23/h2-8,16,22,27H,9-15,17H2,1H3,(H,28,32)/t22-/m1/s1. The van der Waals surface area contributed by atoms with E-state index in [0.29, 0.717) is 13.0 Å². The van der Waals surface area contributed by atoms with Gasteiger partial charge in [0.15, 0.2) is 0 Å². The second-order valence-corrected chi connectivity index (χ2v) is 9.35. The molecule has 1 aliphatic carbocycles. The third-order valence-electron chi connectivity index (χ3n) is 7.29. The van der Waals surface area contributed by atoms with Crippen LogP contribution in [-0.2, 0) is 22.6 Å². The summed E-state index contributed by atoms with van der Waals surface area (Å²) in [5.74, 6) is 0.431. The minimum atomic E-state index is 0.0794. The molecule has 6 heteroatoms. The SMILES string of the molecule is Cc1cccc(CNC(=O)[C@H]2CC23CCN(C(=O)CCc2c[nH]c4ccccc24)CC3)n1. The number of pyridine rings is 1. The summed E-state index contributed by atoms with van der Waals surface area (Å²) in [5.41, 5.74) is 4.26. The number of nitrogens with one attached hydrogen (secondary N) is 2. The van der Waals surface area contributed by atoms with Crippen LogP contribution in [0.2, 0.25) is 0 Å². The maximum atomic E-state index is 12.8. The lowest BCUT2D eigenvalue weighted by Gasteiger charge is -2.33. The summed E-state index contributed by atoms with van der Waals surface area (Å²) < 4.78 is 0. The zero-order chi connectivity index (χ0) is 22.1. The van der Waals surface area contributed by atoms with Crippen molar-refractivity contribution in [3.63, 3.8) is 0 Å². The van der Waals surface area contributed by atoms with E-state index in [2.05, 4.69) is 27.4 Å². The molecule has 2 fully saturated rings. The van der Waals surface area contributed by atoms with Crippen molar-refractivity contribution in [2.45, 2.75) is 45.6 Å². The van der Waals surface area contributed by atoms with Gasteiger partial charge in [0.05, 0.1) is 12.2 Å². The van der Waals surface area contributed by atoms with Gasteiger partial charge in [0.1, 0.15) is 0 Å². The van der Waals surface area contributed by atoms with Gasteiger partial charge in [-0.1, -0.05) is 24.3 Å². The summed E-state index contributed by atoms with van der Waals surface area (Å²) in [5, 5.41) is 4.26. The molecule has 166 valence electrons. The van der Waals surface area contributed by atoms with Crippen molar-refractivity contribution < 1.29 is 9.59 Å². The number of nitrogens with zero attached hydrogens (tertiary/aromatic N) is 2. The van der Waals surface area contributed by atoms with Crippen LogP contribution in [0.25, 0.3) is 10.9 Å². The predicted molar refractivity (Wildman–Crippen MR) is 124 cm³/mol. The Kier molecular flexibility index (Phi) is 5.45. The normalized spacial score (nSPS) is 19.3. The summed E-state index contributed by atoms with van der Waals surface area (Å²) in [6, 6.07) is 14.1. The monoisotopic (exact) mass is 430 g/mol. The first-order valence-corrected chi connectivity index (χ1v) is 11.6. The van der Waals surface area contributed by atoms with E-state index in [1.165, 1.54) is 10.9 Å². The summed E-state index contributed by atoms with van der Waals surface area (Å²) >= 11 is 0. The number of carbonyl (C=O) groups excluding carboxylic acids is 2. The van der Waals surface area contributed by atoms with E-state index in [0.717, 1.165) is 55.7 Å². The van der Waals surface area contributed by atoms with Gasteiger partial charge < -0.3 is 15.2 Å². The number of aromatic amines is 1.